The van der Waals surface area contributed by atoms with Crippen molar-refractivity contribution < 1.29 is 27.2 Å². The molecule has 2 saturated carbocycles. The third-order valence-corrected chi connectivity index (χ3v) is 10.4. The van der Waals surface area contributed by atoms with E-state index in [-0.39, 0.29) is 76.3 Å². The van der Waals surface area contributed by atoms with Gasteiger partial charge >= 0.3 is 0 Å². The van der Waals surface area contributed by atoms with Crippen LogP contribution in [0.2, 0.25) is 0 Å². The van der Waals surface area contributed by atoms with E-state index in [9.17, 15) is 27.2 Å². The number of benzene rings is 4. The Kier molecular flexibility index (Phi) is 12.0. The molecule has 4 aromatic carbocycles. The van der Waals surface area contributed by atoms with E-state index in [0.29, 0.717) is 11.6 Å². The summed E-state index contributed by atoms with van der Waals surface area (Å²) in [5, 5.41) is 9.69. The molecule has 4 N–H and O–H groups in total. The van der Waals surface area contributed by atoms with Crippen LogP contribution in [0.1, 0.15) is 83.8 Å². The minimum atomic E-state index is -2.67. The first kappa shape index (κ1) is 40.2. The zero-order valence-corrected chi connectivity index (χ0v) is 32.0. The number of hydrogen-bond acceptors (Lipinski definition) is 4. The van der Waals surface area contributed by atoms with Gasteiger partial charge in [-0.1, -0.05) is 57.2 Å². The smallest absolute Gasteiger partial charge is 0.248 e. The number of aromatic nitrogens is 4. The van der Waals surface area contributed by atoms with Gasteiger partial charge in [0.05, 0.1) is 35.2 Å². The van der Waals surface area contributed by atoms with Crippen molar-refractivity contribution in [1.82, 2.24) is 30.6 Å². The second-order valence-electron chi connectivity index (χ2n) is 15.6. The van der Waals surface area contributed by atoms with E-state index in [1.54, 1.807) is 0 Å². The SMILES string of the molecule is C#C.CC(C)C.O=C(NCc1nc2c(ccc3cc(-c4ccc5c(ccc6[nH]c(CNC(=O)C7CCC(F)(F)CC7)nc65)c4)ccc32)[nH]1)C1CCC(F)(F)CC1. The van der Waals surface area contributed by atoms with Crippen molar-refractivity contribution in [2.75, 3.05) is 0 Å². The monoisotopic (exact) mass is 768 g/mol. The van der Waals surface area contributed by atoms with Gasteiger partial charge in [-0.2, -0.15) is 0 Å². The highest BCUT2D eigenvalue weighted by atomic mass is 19.3. The molecule has 2 aliphatic rings. The normalized spacial score (nSPS) is 17.0. The lowest BCUT2D eigenvalue weighted by atomic mass is 9.86. The molecule has 2 heterocycles. The van der Waals surface area contributed by atoms with E-state index < -0.39 is 23.7 Å². The van der Waals surface area contributed by atoms with Crippen LogP contribution in [0.5, 0.6) is 0 Å². The molecule has 2 aromatic heterocycles. The summed E-state index contributed by atoms with van der Waals surface area (Å²) in [4.78, 5) is 41.3. The Morgan fingerprint density at radius 3 is 1.38 bits per heavy atom. The quantitative estimate of drug-likeness (QED) is 0.0956. The molecule has 0 radical (unpaired) electrons. The van der Waals surface area contributed by atoms with Gasteiger partial charge in [0.25, 0.3) is 0 Å². The maximum absolute atomic E-state index is 13.5. The lowest BCUT2D eigenvalue weighted by molar-refractivity contribution is -0.130. The zero-order chi connectivity index (χ0) is 40.2. The minimum Gasteiger partial charge on any atom is -0.349 e. The predicted molar refractivity (Wildman–Crippen MR) is 214 cm³/mol. The number of hydrogen-bond donors (Lipinski definition) is 4. The molecule has 0 atom stereocenters. The Balaban J connectivity index is 0.000000834. The second kappa shape index (κ2) is 16.7. The summed E-state index contributed by atoms with van der Waals surface area (Å²) in [7, 11) is 0. The van der Waals surface area contributed by atoms with E-state index >= 15 is 0 Å². The van der Waals surface area contributed by atoms with Gasteiger partial charge < -0.3 is 20.6 Å². The molecule has 0 bridgehead atoms. The summed E-state index contributed by atoms with van der Waals surface area (Å²) >= 11 is 0. The van der Waals surface area contributed by atoms with E-state index in [4.69, 9.17) is 9.97 Å². The van der Waals surface area contributed by atoms with Crippen molar-refractivity contribution in [2.45, 2.75) is 97.1 Å². The number of terminal acetylenes is 1. The van der Waals surface area contributed by atoms with Crippen molar-refractivity contribution in [1.29, 1.82) is 0 Å². The molecule has 0 spiro atoms. The van der Waals surface area contributed by atoms with E-state index in [1.165, 1.54) is 0 Å². The number of carbonyl (C=O) groups is 2. The van der Waals surface area contributed by atoms with Crippen LogP contribution >= 0.6 is 0 Å². The van der Waals surface area contributed by atoms with Crippen LogP contribution in [0.4, 0.5) is 17.6 Å². The maximum atomic E-state index is 13.5. The summed E-state index contributed by atoms with van der Waals surface area (Å²) < 4.78 is 54.0. The van der Waals surface area contributed by atoms with Gasteiger partial charge in [-0.05, 0) is 77.8 Å². The van der Waals surface area contributed by atoms with Crippen molar-refractivity contribution in [3.8, 4) is 24.0 Å². The van der Waals surface area contributed by atoms with Gasteiger partial charge in [-0.3, -0.25) is 9.59 Å². The highest BCUT2D eigenvalue weighted by molar-refractivity contribution is 6.07. The first-order valence-corrected chi connectivity index (χ1v) is 19.2. The highest BCUT2D eigenvalue weighted by Crippen LogP contribution is 2.38. The van der Waals surface area contributed by atoms with Crippen LogP contribution in [0.3, 0.4) is 0 Å². The Morgan fingerprint density at radius 2 is 1.02 bits per heavy atom. The number of imidazole rings is 2. The first-order chi connectivity index (χ1) is 26.7. The molecule has 8 rings (SSSR count). The summed E-state index contributed by atoms with van der Waals surface area (Å²) in [6.45, 7) is 6.89. The number of fused-ring (bicyclic) bond motifs is 6. The van der Waals surface area contributed by atoms with Crippen molar-refractivity contribution in [2.24, 2.45) is 17.8 Å². The van der Waals surface area contributed by atoms with Crippen molar-refractivity contribution in [3.63, 3.8) is 0 Å². The van der Waals surface area contributed by atoms with Crippen LogP contribution in [-0.2, 0) is 22.7 Å². The summed E-state index contributed by atoms with van der Waals surface area (Å²) in [5.74, 6) is -4.52. The van der Waals surface area contributed by atoms with Crippen LogP contribution in [0.25, 0.3) is 54.7 Å². The molecule has 56 heavy (non-hydrogen) atoms. The van der Waals surface area contributed by atoms with Crippen LogP contribution in [0, 0.1) is 30.6 Å². The molecule has 0 saturated heterocycles. The van der Waals surface area contributed by atoms with Gasteiger partial charge in [-0.25, -0.2) is 27.5 Å². The highest BCUT2D eigenvalue weighted by Gasteiger charge is 2.38. The Morgan fingerprint density at radius 1 is 0.661 bits per heavy atom. The number of alkyl halides is 4. The number of halogens is 4. The molecule has 0 aliphatic heterocycles. The van der Waals surface area contributed by atoms with Crippen molar-refractivity contribution in [3.05, 3.63) is 72.3 Å². The third kappa shape index (κ3) is 9.32. The maximum Gasteiger partial charge on any atom is 0.248 e. The predicted octanol–water partition coefficient (Wildman–Crippen LogP) is 10.2. The summed E-state index contributed by atoms with van der Waals surface area (Å²) in [6, 6.07) is 20.4. The number of nitrogens with one attached hydrogen (secondary N) is 4. The molecular formula is C44H48F4N6O2. The average molecular weight is 769 g/mol. The van der Waals surface area contributed by atoms with Crippen LogP contribution in [-0.4, -0.2) is 43.6 Å². The zero-order valence-electron chi connectivity index (χ0n) is 32.0. The third-order valence-electron chi connectivity index (χ3n) is 10.4. The van der Waals surface area contributed by atoms with Crippen molar-refractivity contribution >= 4 is 55.4 Å². The molecule has 6 aromatic rings. The number of amides is 2. The average Bonchev–Trinajstić information content (AvgIpc) is 3.80. The van der Waals surface area contributed by atoms with Crippen LogP contribution < -0.4 is 10.6 Å². The second-order valence-corrected chi connectivity index (χ2v) is 15.6. The fourth-order valence-electron chi connectivity index (χ4n) is 7.47. The van der Waals surface area contributed by atoms with E-state index in [2.05, 4.69) is 78.5 Å². The molecule has 12 heteroatoms. The molecular weight excluding hydrogens is 721 g/mol. The first-order valence-electron chi connectivity index (χ1n) is 19.2. The summed E-state index contributed by atoms with van der Waals surface area (Å²) in [6.07, 6.45) is 7.75. The number of aromatic amines is 2. The molecule has 294 valence electrons. The topological polar surface area (TPSA) is 116 Å². The minimum absolute atomic E-state index is 0.190. The molecule has 0 unspecified atom stereocenters. The fourth-order valence-corrected chi connectivity index (χ4v) is 7.47. The molecule has 2 fully saturated rings. The Labute approximate surface area is 323 Å². The van der Waals surface area contributed by atoms with Gasteiger partial charge in [0.1, 0.15) is 11.6 Å². The molecule has 2 aliphatic carbocycles. The fraction of sp³-hybridized carbons (Fsp3) is 0.409. The van der Waals surface area contributed by atoms with E-state index in [1.807, 2.05) is 36.4 Å². The Bertz CT molecular complexity index is 2200. The van der Waals surface area contributed by atoms with Gasteiger partial charge in [0, 0.05) is 48.3 Å². The lowest BCUT2D eigenvalue weighted by Crippen LogP contribution is -2.35. The molecule has 8 nitrogen and oxygen atoms in total. The number of H-pyrrole nitrogens is 2. The van der Waals surface area contributed by atoms with Gasteiger partial charge in [0.15, 0.2) is 0 Å². The number of carbonyl (C=O) groups excluding carboxylic acids is 2. The number of nitrogens with zero attached hydrogens (tertiary/aromatic N) is 2. The summed E-state index contributed by atoms with van der Waals surface area (Å²) in [5.41, 5.74) is 5.34. The standard InChI is InChI=1S/C38H36F4N6O2.C4H10.C2H2/c39-37(40)13-9-21(10-14-37)35(49)43-19-31-45-29-7-3-25-17-23(1-5-27(25)33(29)47-31)24-2-6-28-26(18-24)4-8-30-34(28)48-32(46-30)20-44-36(50)22-11-15-38(41,42)16-12-22;1-4(2)3;1-2/h1-8,17-18,21-22H,9-16,19-20H2,(H,43,49)(H,44,50)(H,45,47)(H,46,48);4H,1-3H3;1-2H. The molecule has 2 amide bonds. The van der Waals surface area contributed by atoms with Crippen LogP contribution in [0.15, 0.2) is 60.7 Å². The van der Waals surface area contributed by atoms with Gasteiger partial charge in [0.2, 0.25) is 23.7 Å². The number of rotatable bonds is 7. The lowest BCUT2D eigenvalue weighted by Gasteiger charge is -2.27. The largest absolute Gasteiger partial charge is 0.349 e. The van der Waals surface area contributed by atoms with Gasteiger partial charge in [-0.15, -0.1) is 12.8 Å². The van der Waals surface area contributed by atoms with E-state index in [0.717, 1.165) is 60.7 Å². The Hall–Kier alpha value is -5.44.